The topological polar surface area (TPSA) is 25.4 Å². The van der Waals surface area contributed by atoms with Crippen molar-refractivity contribution in [1.29, 1.82) is 0 Å². The maximum absolute atomic E-state index is 12.3. The molecule has 0 amide bonds. The molecule has 0 spiro atoms. The average Bonchev–Trinajstić information content (AvgIpc) is 2.78. The van der Waals surface area contributed by atoms with E-state index < -0.39 is 11.7 Å². The van der Waals surface area contributed by atoms with Crippen LogP contribution in [0.5, 0.6) is 5.88 Å². The summed E-state index contributed by atoms with van der Waals surface area (Å²) in [5, 5.41) is 0. The van der Waals surface area contributed by atoms with E-state index in [0.717, 1.165) is 38.2 Å². The highest BCUT2D eigenvalue weighted by Gasteiger charge is 2.30. The van der Waals surface area contributed by atoms with E-state index in [2.05, 4.69) is 9.88 Å². The predicted octanol–water partition coefficient (Wildman–Crippen LogP) is 3.38. The van der Waals surface area contributed by atoms with Crippen LogP contribution in [0, 0.1) is 0 Å². The summed E-state index contributed by atoms with van der Waals surface area (Å²) in [6.45, 7) is 2.33. The molecule has 1 aromatic rings. The molecule has 110 valence electrons. The molecule has 2 rings (SSSR count). The van der Waals surface area contributed by atoms with Crippen LogP contribution in [0.2, 0.25) is 0 Å². The number of ether oxygens (including phenoxy) is 1. The smallest absolute Gasteiger partial charge is 0.417 e. The summed E-state index contributed by atoms with van der Waals surface area (Å²) in [6, 6.07) is 2.23. The molecule has 1 saturated heterocycles. The minimum absolute atomic E-state index is 0. The predicted molar refractivity (Wildman–Crippen MR) is 70.0 cm³/mol. The molecule has 0 bridgehead atoms. The third-order valence-corrected chi connectivity index (χ3v) is 2.66. The lowest BCUT2D eigenvalue weighted by atomic mass is 10.3. The second-order valence-electron chi connectivity index (χ2n) is 3.98. The van der Waals surface area contributed by atoms with Crippen molar-refractivity contribution in [3.63, 3.8) is 0 Å². The fourth-order valence-electron chi connectivity index (χ4n) is 1.70. The molecule has 19 heavy (non-hydrogen) atoms. The van der Waals surface area contributed by atoms with Gasteiger partial charge < -0.3 is 4.74 Å². The van der Waals surface area contributed by atoms with Crippen LogP contribution in [0.25, 0.3) is 0 Å². The van der Waals surface area contributed by atoms with E-state index in [0.29, 0.717) is 6.73 Å². The lowest BCUT2D eigenvalue weighted by Gasteiger charge is -2.15. The molecule has 0 saturated carbocycles. The number of pyridine rings is 1. The van der Waals surface area contributed by atoms with E-state index in [1.54, 1.807) is 0 Å². The van der Waals surface area contributed by atoms with E-state index in [1.807, 2.05) is 0 Å². The fraction of sp³-hybridized carbons (Fsp3) is 0.545. The number of rotatable bonds is 3. The highest BCUT2D eigenvalue weighted by molar-refractivity contribution is 5.85. The molecular formula is C11H15Cl2F3N2O. The first-order valence-electron chi connectivity index (χ1n) is 5.44. The van der Waals surface area contributed by atoms with Crippen molar-refractivity contribution in [2.24, 2.45) is 0 Å². The fourth-order valence-corrected chi connectivity index (χ4v) is 1.70. The molecule has 0 unspecified atom stereocenters. The van der Waals surface area contributed by atoms with E-state index >= 15 is 0 Å². The second kappa shape index (κ2) is 7.77. The van der Waals surface area contributed by atoms with Gasteiger partial charge in [-0.3, -0.25) is 4.90 Å². The Morgan fingerprint density at radius 3 is 2.26 bits per heavy atom. The van der Waals surface area contributed by atoms with Gasteiger partial charge in [0, 0.05) is 25.4 Å². The van der Waals surface area contributed by atoms with Gasteiger partial charge in [-0.25, -0.2) is 4.98 Å². The second-order valence-corrected chi connectivity index (χ2v) is 3.98. The molecule has 0 atom stereocenters. The van der Waals surface area contributed by atoms with E-state index in [1.165, 1.54) is 6.07 Å². The molecule has 1 aliphatic rings. The third kappa shape index (κ3) is 5.42. The minimum Gasteiger partial charge on any atom is -0.461 e. The molecule has 1 fully saturated rings. The number of hydrogen-bond acceptors (Lipinski definition) is 3. The van der Waals surface area contributed by atoms with Crippen LogP contribution < -0.4 is 4.74 Å². The van der Waals surface area contributed by atoms with E-state index in [4.69, 9.17) is 4.74 Å². The molecule has 0 aromatic carbocycles. The van der Waals surface area contributed by atoms with Gasteiger partial charge in [-0.15, -0.1) is 24.8 Å². The zero-order chi connectivity index (χ0) is 12.3. The van der Waals surface area contributed by atoms with Crippen molar-refractivity contribution >= 4 is 24.8 Å². The molecule has 1 aliphatic heterocycles. The zero-order valence-corrected chi connectivity index (χ0v) is 11.7. The summed E-state index contributed by atoms with van der Waals surface area (Å²) >= 11 is 0. The number of likely N-dealkylation sites (tertiary alicyclic amines) is 1. The van der Waals surface area contributed by atoms with Crippen molar-refractivity contribution in [3.05, 3.63) is 23.9 Å². The van der Waals surface area contributed by atoms with Crippen LogP contribution in [-0.2, 0) is 6.18 Å². The Hall–Kier alpha value is -0.720. The van der Waals surface area contributed by atoms with Gasteiger partial charge in [-0.05, 0) is 18.9 Å². The Labute approximate surface area is 122 Å². The largest absolute Gasteiger partial charge is 0.461 e. The minimum atomic E-state index is -4.35. The lowest BCUT2D eigenvalue weighted by molar-refractivity contribution is -0.137. The Balaban J connectivity index is 0.00000162. The van der Waals surface area contributed by atoms with Gasteiger partial charge in [0.1, 0.15) is 6.73 Å². The summed E-state index contributed by atoms with van der Waals surface area (Å²) in [7, 11) is 0. The van der Waals surface area contributed by atoms with Crippen molar-refractivity contribution in [3.8, 4) is 5.88 Å². The number of hydrogen-bond donors (Lipinski definition) is 0. The summed E-state index contributed by atoms with van der Waals surface area (Å²) in [6.07, 6.45) is -1.27. The molecule has 0 aliphatic carbocycles. The van der Waals surface area contributed by atoms with Crippen LogP contribution in [0.4, 0.5) is 13.2 Å². The Morgan fingerprint density at radius 2 is 1.79 bits per heavy atom. The van der Waals surface area contributed by atoms with Crippen molar-refractivity contribution in [2.75, 3.05) is 19.8 Å². The molecular weight excluding hydrogens is 304 g/mol. The summed E-state index contributed by atoms with van der Waals surface area (Å²) in [5.41, 5.74) is -0.758. The first-order valence-corrected chi connectivity index (χ1v) is 5.44. The van der Waals surface area contributed by atoms with Crippen LogP contribution >= 0.6 is 24.8 Å². The van der Waals surface area contributed by atoms with Crippen molar-refractivity contribution < 1.29 is 17.9 Å². The molecule has 3 nitrogen and oxygen atoms in total. The van der Waals surface area contributed by atoms with E-state index in [-0.39, 0.29) is 30.7 Å². The van der Waals surface area contributed by atoms with Gasteiger partial charge in [0.15, 0.2) is 0 Å². The number of aromatic nitrogens is 1. The first kappa shape index (κ1) is 18.3. The normalized spacial score (nSPS) is 15.5. The lowest BCUT2D eigenvalue weighted by Crippen LogP contribution is -2.24. The standard InChI is InChI=1S/C11H13F3N2O.2ClH/c12-11(13,14)9-3-4-10(15-7-9)17-8-16-5-1-2-6-16;;/h3-4,7H,1-2,5-6,8H2;2*1H. The van der Waals surface area contributed by atoms with Gasteiger partial charge >= 0.3 is 6.18 Å². The molecule has 0 N–H and O–H groups in total. The zero-order valence-electron chi connectivity index (χ0n) is 10.0. The van der Waals surface area contributed by atoms with Gasteiger partial charge in [-0.2, -0.15) is 13.2 Å². The summed E-state index contributed by atoms with van der Waals surface area (Å²) < 4.78 is 42.1. The average molecular weight is 319 g/mol. The summed E-state index contributed by atoms with van der Waals surface area (Å²) in [4.78, 5) is 5.73. The molecule has 0 radical (unpaired) electrons. The monoisotopic (exact) mass is 318 g/mol. The van der Waals surface area contributed by atoms with Gasteiger partial charge in [0.25, 0.3) is 0 Å². The first-order chi connectivity index (χ1) is 8.05. The quantitative estimate of drug-likeness (QED) is 0.854. The van der Waals surface area contributed by atoms with Crippen molar-refractivity contribution in [1.82, 2.24) is 9.88 Å². The number of halogens is 5. The van der Waals surface area contributed by atoms with Crippen molar-refractivity contribution in [2.45, 2.75) is 19.0 Å². The van der Waals surface area contributed by atoms with Crippen LogP contribution in [0.3, 0.4) is 0 Å². The van der Waals surface area contributed by atoms with Crippen LogP contribution in [-0.4, -0.2) is 29.7 Å². The maximum Gasteiger partial charge on any atom is 0.417 e. The maximum atomic E-state index is 12.3. The third-order valence-electron chi connectivity index (χ3n) is 2.66. The molecule has 8 heteroatoms. The van der Waals surface area contributed by atoms with Crippen LogP contribution in [0.1, 0.15) is 18.4 Å². The Morgan fingerprint density at radius 1 is 1.16 bits per heavy atom. The highest BCUT2D eigenvalue weighted by Crippen LogP contribution is 2.29. The SMILES string of the molecule is Cl.Cl.FC(F)(F)c1ccc(OCN2CCCC2)nc1. The van der Waals surface area contributed by atoms with Gasteiger partial charge in [-0.1, -0.05) is 0 Å². The van der Waals surface area contributed by atoms with Gasteiger partial charge in [0.05, 0.1) is 5.56 Å². The van der Waals surface area contributed by atoms with E-state index in [9.17, 15) is 13.2 Å². The number of nitrogens with zero attached hydrogens (tertiary/aromatic N) is 2. The Bertz CT molecular complexity index is 367. The summed E-state index contributed by atoms with van der Waals surface area (Å²) in [5.74, 6) is 0.227. The molecule has 2 heterocycles. The Kier molecular flexibility index (Phi) is 7.47. The van der Waals surface area contributed by atoms with Gasteiger partial charge in [0.2, 0.25) is 5.88 Å². The number of alkyl halides is 3. The van der Waals surface area contributed by atoms with Crippen LogP contribution in [0.15, 0.2) is 18.3 Å². The molecule has 1 aromatic heterocycles. The highest BCUT2D eigenvalue weighted by atomic mass is 35.5.